The molecule has 0 aliphatic rings. The van der Waals surface area contributed by atoms with E-state index in [-0.39, 0.29) is 5.69 Å². The average Bonchev–Trinajstić information content (AvgIpc) is 2.69. The third kappa shape index (κ3) is 2.50. The van der Waals surface area contributed by atoms with Crippen LogP contribution in [0.3, 0.4) is 0 Å². The van der Waals surface area contributed by atoms with Gasteiger partial charge in [-0.15, -0.1) is 0 Å². The molecule has 0 aliphatic carbocycles. The van der Waals surface area contributed by atoms with Gasteiger partial charge < -0.3 is 9.67 Å². The SMILES string of the molecule is Cn1cnc(CCc2ccccn2)c1C(=O)O. The highest BCUT2D eigenvalue weighted by molar-refractivity contribution is 5.87. The summed E-state index contributed by atoms with van der Waals surface area (Å²) in [6.45, 7) is 0. The standard InChI is InChI=1S/C12H13N3O2/c1-15-8-14-10(11(15)12(16)17)6-5-9-4-2-3-7-13-9/h2-4,7-8H,5-6H2,1H3,(H,16,17). The molecule has 0 saturated carbocycles. The molecule has 5 nitrogen and oxygen atoms in total. The predicted molar refractivity (Wildman–Crippen MR) is 61.8 cm³/mol. The molecule has 2 aromatic rings. The Morgan fingerprint density at radius 2 is 2.18 bits per heavy atom. The van der Waals surface area contributed by atoms with Crippen LogP contribution in [-0.2, 0) is 19.9 Å². The lowest BCUT2D eigenvalue weighted by Gasteiger charge is -2.01. The lowest BCUT2D eigenvalue weighted by molar-refractivity contribution is 0.0685. The van der Waals surface area contributed by atoms with Crippen LogP contribution >= 0.6 is 0 Å². The molecule has 17 heavy (non-hydrogen) atoms. The Morgan fingerprint density at radius 3 is 2.82 bits per heavy atom. The fourth-order valence-corrected chi connectivity index (χ4v) is 1.73. The summed E-state index contributed by atoms with van der Waals surface area (Å²) in [5.41, 5.74) is 1.79. The second-order valence-corrected chi connectivity index (χ2v) is 3.78. The van der Waals surface area contributed by atoms with Crippen molar-refractivity contribution in [3.8, 4) is 0 Å². The largest absolute Gasteiger partial charge is 0.477 e. The Balaban J connectivity index is 2.12. The molecular weight excluding hydrogens is 218 g/mol. The van der Waals surface area contributed by atoms with Crippen molar-refractivity contribution in [3.63, 3.8) is 0 Å². The average molecular weight is 231 g/mol. The maximum Gasteiger partial charge on any atom is 0.354 e. The van der Waals surface area contributed by atoms with E-state index in [9.17, 15) is 4.79 Å². The molecule has 0 bridgehead atoms. The van der Waals surface area contributed by atoms with Crippen molar-refractivity contribution >= 4 is 5.97 Å². The van der Waals surface area contributed by atoms with E-state index in [4.69, 9.17) is 5.11 Å². The van der Waals surface area contributed by atoms with Gasteiger partial charge >= 0.3 is 5.97 Å². The zero-order valence-electron chi connectivity index (χ0n) is 9.50. The Morgan fingerprint density at radius 1 is 1.35 bits per heavy atom. The van der Waals surface area contributed by atoms with Gasteiger partial charge in [0.1, 0.15) is 5.69 Å². The molecule has 0 unspecified atom stereocenters. The van der Waals surface area contributed by atoms with Gasteiger partial charge in [0.05, 0.1) is 12.0 Å². The molecule has 0 amide bonds. The number of hydrogen-bond donors (Lipinski definition) is 1. The van der Waals surface area contributed by atoms with E-state index in [2.05, 4.69) is 9.97 Å². The van der Waals surface area contributed by atoms with E-state index in [0.717, 1.165) is 5.69 Å². The van der Waals surface area contributed by atoms with Gasteiger partial charge in [-0.2, -0.15) is 0 Å². The van der Waals surface area contributed by atoms with Crippen LogP contribution in [0.15, 0.2) is 30.7 Å². The number of nitrogens with zero attached hydrogens (tertiary/aromatic N) is 3. The molecule has 1 N–H and O–H groups in total. The Labute approximate surface area is 98.8 Å². The van der Waals surface area contributed by atoms with Gasteiger partial charge in [-0.1, -0.05) is 6.07 Å². The first-order valence-electron chi connectivity index (χ1n) is 5.32. The van der Waals surface area contributed by atoms with Crippen molar-refractivity contribution in [1.29, 1.82) is 0 Å². The maximum absolute atomic E-state index is 11.0. The number of carbonyl (C=O) groups is 1. The molecule has 0 fully saturated rings. The second kappa shape index (κ2) is 4.78. The number of aryl methyl sites for hydroxylation is 3. The summed E-state index contributed by atoms with van der Waals surface area (Å²) in [5.74, 6) is -0.943. The van der Waals surface area contributed by atoms with Gasteiger partial charge in [0, 0.05) is 18.9 Å². The third-order valence-electron chi connectivity index (χ3n) is 2.56. The fourth-order valence-electron chi connectivity index (χ4n) is 1.73. The number of aromatic carboxylic acids is 1. The minimum Gasteiger partial charge on any atom is -0.477 e. The summed E-state index contributed by atoms with van der Waals surface area (Å²) in [6, 6.07) is 5.69. The van der Waals surface area contributed by atoms with Crippen LogP contribution in [-0.4, -0.2) is 25.6 Å². The number of carboxylic acid groups (broad SMARTS) is 1. The summed E-state index contributed by atoms with van der Waals surface area (Å²) in [5, 5.41) is 9.06. The summed E-state index contributed by atoms with van der Waals surface area (Å²) >= 11 is 0. The summed E-state index contributed by atoms with van der Waals surface area (Å²) < 4.78 is 1.52. The summed E-state index contributed by atoms with van der Waals surface area (Å²) in [6.07, 6.45) is 4.53. The normalized spacial score (nSPS) is 10.4. The topological polar surface area (TPSA) is 68.0 Å². The first-order chi connectivity index (χ1) is 8.18. The van der Waals surface area contributed by atoms with Crippen LogP contribution in [0.25, 0.3) is 0 Å². The molecular formula is C12H13N3O2. The van der Waals surface area contributed by atoms with Crippen LogP contribution in [0.2, 0.25) is 0 Å². The molecule has 0 aliphatic heterocycles. The molecule has 0 spiro atoms. The van der Waals surface area contributed by atoms with Crippen molar-refractivity contribution < 1.29 is 9.90 Å². The highest BCUT2D eigenvalue weighted by Gasteiger charge is 2.15. The zero-order valence-corrected chi connectivity index (χ0v) is 9.50. The monoisotopic (exact) mass is 231 g/mol. The molecule has 88 valence electrons. The van der Waals surface area contributed by atoms with Gasteiger partial charge in [0.15, 0.2) is 0 Å². The van der Waals surface area contributed by atoms with Gasteiger partial charge in [-0.05, 0) is 25.0 Å². The molecule has 5 heteroatoms. The number of imidazole rings is 1. The van der Waals surface area contributed by atoms with Crippen molar-refractivity contribution in [2.45, 2.75) is 12.8 Å². The first-order valence-corrected chi connectivity index (χ1v) is 5.32. The van der Waals surface area contributed by atoms with E-state index >= 15 is 0 Å². The molecule has 2 rings (SSSR count). The first kappa shape index (κ1) is 11.3. The number of rotatable bonds is 4. The van der Waals surface area contributed by atoms with Gasteiger partial charge in [-0.25, -0.2) is 9.78 Å². The minimum atomic E-state index is -0.943. The molecule has 0 radical (unpaired) electrons. The molecule has 2 aromatic heterocycles. The summed E-state index contributed by atoms with van der Waals surface area (Å²) in [7, 11) is 1.68. The van der Waals surface area contributed by atoms with Crippen molar-refractivity contribution in [2.24, 2.45) is 7.05 Å². The lowest BCUT2D eigenvalue weighted by atomic mass is 10.1. The van der Waals surface area contributed by atoms with Gasteiger partial charge in [-0.3, -0.25) is 4.98 Å². The minimum absolute atomic E-state index is 0.251. The van der Waals surface area contributed by atoms with Crippen LogP contribution in [0, 0.1) is 0 Å². The van der Waals surface area contributed by atoms with Crippen molar-refractivity contribution in [3.05, 3.63) is 47.8 Å². The van der Waals surface area contributed by atoms with Crippen LogP contribution in [0.4, 0.5) is 0 Å². The Hall–Kier alpha value is -2.17. The highest BCUT2D eigenvalue weighted by atomic mass is 16.4. The number of aromatic nitrogens is 3. The molecule has 2 heterocycles. The van der Waals surface area contributed by atoms with Crippen molar-refractivity contribution in [2.75, 3.05) is 0 Å². The summed E-state index contributed by atoms with van der Waals surface area (Å²) in [4.78, 5) is 19.3. The Kier molecular flexibility index (Phi) is 3.18. The molecule has 0 saturated heterocycles. The van der Waals surface area contributed by atoms with Crippen LogP contribution in [0.1, 0.15) is 21.9 Å². The lowest BCUT2D eigenvalue weighted by Crippen LogP contribution is -2.08. The van der Waals surface area contributed by atoms with Crippen LogP contribution in [0.5, 0.6) is 0 Å². The van der Waals surface area contributed by atoms with Crippen molar-refractivity contribution in [1.82, 2.24) is 14.5 Å². The third-order valence-corrected chi connectivity index (χ3v) is 2.56. The second-order valence-electron chi connectivity index (χ2n) is 3.78. The van der Waals surface area contributed by atoms with E-state index in [1.54, 1.807) is 13.2 Å². The number of hydrogen-bond acceptors (Lipinski definition) is 3. The number of carboxylic acids is 1. The van der Waals surface area contributed by atoms with Gasteiger partial charge in [0.2, 0.25) is 0 Å². The smallest absolute Gasteiger partial charge is 0.354 e. The van der Waals surface area contributed by atoms with E-state index in [1.807, 2.05) is 18.2 Å². The quantitative estimate of drug-likeness (QED) is 0.861. The van der Waals surface area contributed by atoms with Gasteiger partial charge in [0.25, 0.3) is 0 Å². The highest BCUT2D eigenvalue weighted by Crippen LogP contribution is 2.09. The predicted octanol–water partition coefficient (Wildman–Crippen LogP) is 1.30. The van der Waals surface area contributed by atoms with E-state index in [0.29, 0.717) is 18.5 Å². The zero-order chi connectivity index (χ0) is 12.3. The fraction of sp³-hybridized carbons (Fsp3) is 0.250. The van der Waals surface area contributed by atoms with E-state index < -0.39 is 5.97 Å². The molecule has 0 aromatic carbocycles. The van der Waals surface area contributed by atoms with E-state index in [1.165, 1.54) is 10.9 Å². The maximum atomic E-state index is 11.0. The molecule has 0 atom stereocenters. The number of pyridine rings is 1. The van der Waals surface area contributed by atoms with Crippen LogP contribution < -0.4 is 0 Å². The Bertz CT molecular complexity index is 520.